The van der Waals surface area contributed by atoms with E-state index in [0.29, 0.717) is 12.2 Å². The van der Waals surface area contributed by atoms with Crippen molar-refractivity contribution >= 4 is 34.1 Å². The molecule has 2 aliphatic heterocycles. The molecule has 0 saturated carbocycles. The molecule has 6 nitrogen and oxygen atoms in total. The highest BCUT2D eigenvalue weighted by Crippen LogP contribution is 2.32. The number of rotatable bonds is 8. The lowest BCUT2D eigenvalue weighted by atomic mass is 10.1. The molecule has 0 radical (unpaired) electrons. The fourth-order valence-corrected chi connectivity index (χ4v) is 5.81. The number of nitrogens with zero attached hydrogens (tertiary/aromatic N) is 3. The van der Waals surface area contributed by atoms with E-state index in [2.05, 4.69) is 45.3 Å². The number of amides is 1. The van der Waals surface area contributed by atoms with Gasteiger partial charge in [0, 0.05) is 85.9 Å². The van der Waals surface area contributed by atoms with Crippen LogP contribution in [0.25, 0.3) is 10.8 Å². The second kappa shape index (κ2) is 12.1. The monoisotopic (exact) mass is 504 g/mol. The summed E-state index contributed by atoms with van der Waals surface area (Å²) in [4.78, 5) is 20.3. The van der Waals surface area contributed by atoms with Gasteiger partial charge in [0.05, 0.1) is 0 Å². The predicted octanol–water partition coefficient (Wildman–Crippen LogP) is 4.27. The third-order valence-corrected chi connectivity index (χ3v) is 8.06. The summed E-state index contributed by atoms with van der Waals surface area (Å²) in [5.74, 6) is 3.17. The van der Waals surface area contributed by atoms with Crippen LogP contribution in [0.5, 0.6) is 5.75 Å². The van der Waals surface area contributed by atoms with Crippen molar-refractivity contribution in [3.63, 3.8) is 0 Å². The summed E-state index contributed by atoms with van der Waals surface area (Å²) >= 11 is 2.02. The van der Waals surface area contributed by atoms with Gasteiger partial charge in [0.1, 0.15) is 12.4 Å². The summed E-state index contributed by atoms with van der Waals surface area (Å²) in [6.07, 6.45) is 0. The van der Waals surface area contributed by atoms with E-state index in [1.54, 1.807) is 0 Å². The van der Waals surface area contributed by atoms with Crippen LogP contribution in [-0.2, 0) is 6.54 Å². The van der Waals surface area contributed by atoms with Crippen LogP contribution in [-0.4, -0.2) is 91.6 Å². The largest absolute Gasteiger partial charge is 0.492 e. The molecule has 0 atom stereocenters. The molecule has 0 aromatic heterocycles. The highest BCUT2D eigenvalue weighted by atomic mass is 32.2. The number of carbonyl (C=O) groups excluding carboxylic acids is 1. The number of nitrogens with one attached hydrogen (secondary N) is 1. The van der Waals surface area contributed by atoms with Crippen molar-refractivity contribution < 1.29 is 9.53 Å². The normalized spacial score (nSPS) is 17.8. The van der Waals surface area contributed by atoms with Crippen molar-refractivity contribution in [2.45, 2.75) is 6.54 Å². The van der Waals surface area contributed by atoms with Gasteiger partial charge in [-0.2, -0.15) is 11.8 Å². The van der Waals surface area contributed by atoms with Crippen molar-refractivity contribution in [3.05, 3.63) is 71.8 Å². The molecule has 3 aromatic rings. The number of likely N-dealkylation sites (N-methyl/N-ethyl adjacent to an activating group) is 1. The molecule has 0 bridgehead atoms. The van der Waals surface area contributed by atoms with Gasteiger partial charge in [-0.3, -0.25) is 14.6 Å². The van der Waals surface area contributed by atoms with Crippen LogP contribution >= 0.6 is 11.8 Å². The average Bonchev–Trinajstić information content (AvgIpc) is 2.92. The molecule has 1 amide bonds. The molecule has 2 aliphatic rings. The lowest BCUT2D eigenvalue weighted by molar-refractivity contribution is 0.102. The number of anilines is 1. The van der Waals surface area contributed by atoms with E-state index in [4.69, 9.17) is 4.74 Å². The molecule has 2 fully saturated rings. The zero-order chi connectivity index (χ0) is 24.7. The third kappa shape index (κ3) is 6.40. The zero-order valence-electron chi connectivity index (χ0n) is 21.1. The van der Waals surface area contributed by atoms with Crippen molar-refractivity contribution in [1.82, 2.24) is 14.7 Å². The minimum atomic E-state index is -0.0928. The Morgan fingerprint density at radius 2 is 1.58 bits per heavy atom. The van der Waals surface area contributed by atoms with Crippen molar-refractivity contribution in [2.24, 2.45) is 0 Å². The molecule has 5 rings (SSSR count). The van der Waals surface area contributed by atoms with Crippen molar-refractivity contribution in [1.29, 1.82) is 0 Å². The zero-order valence-corrected chi connectivity index (χ0v) is 21.9. The fraction of sp³-hybridized carbons (Fsp3) is 0.414. The summed E-state index contributed by atoms with van der Waals surface area (Å²) in [7, 11) is 2.17. The van der Waals surface area contributed by atoms with Gasteiger partial charge in [-0.05, 0) is 36.9 Å². The van der Waals surface area contributed by atoms with Gasteiger partial charge < -0.3 is 15.0 Å². The Bertz CT molecular complexity index is 1160. The van der Waals surface area contributed by atoms with E-state index in [9.17, 15) is 4.79 Å². The standard InChI is InChI=1S/C29H36N4O2S/c1-31-12-14-32(15-13-31)16-19-35-28-11-10-27(25-4-2-3-5-26(25)28)30-29(34)24-8-6-23(7-9-24)22-33-17-20-36-21-18-33/h2-11H,12-22H2,1H3,(H,30,34). The minimum absolute atomic E-state index is 0.0928. The second-order valence-electron chi connectivity index (χ2n) is 9.69. The van der Waals surface area contributed by atoms with Gasteiger partial charge in [0.2, 0.25) is 0 Å². The first kappa shape index (κ1) is 25.1. The van der Waals surface area contributed by atoms with Crippen LogP contribution in [0.15, 0.2) is 60.7 Å². The Morgan fingerprint density at radius 1 is 0.861 bits per heavy atom. The summed E-state index contributed by atoms with van der Waals surface area (Å²) in [6, 6.07) is 20.1. The smallest absolute Gasteiger partial charge is 0.255 e. The number of fused-ring (bicyclic) bond motifs is 1. The van der Waals surface area contributed by atoms with E-state index in [1.165, 1.54) is 17.1 Å². The van der Waals surface area contributed by atoms with Gasteiger partial charge in [0.25, 0.3) is 5.91 Å². The molecule has 190 valence electrons. The number of benzene rings is 3. The lowest BCUT2D eigenvalue weighted by Gasteiger charge is -2.32. The molecule has 2 heterocycles. The molecule has 1 N–H and O–H groups in total. The van der Waals surface area contributed by atoms with Gasteiger partial charge in [-0.1, -0.05) is 36.4 Å². The first-order chi connectivity index (χ1) is 17.7. The van der Waals surface area contributed by atoms with Crippen LogP contribution in [0.1, 0.15) is 15.9 Å². The molecule has 7 heteroatoms. The molecule has 0 unspecified atom stereocenters. The summed E-state index contributed by atoms with van der Waals surface area (Å²) in [5.41, 5.74) is 2.73. The maximum atomic E-state index is 13.0. The molecule has 36 heavy (non-hydrogen) atoms. The minimum Gasteiger partial charge on any atom is -0.492 e. The predicted molar refractivity (Wildman–Crippen MR) is 150 cm³/mol. The first-order valence-electron chi connectivity index (χ1n) is 12.9. The van der Waals surface area contributed by atoms with Crippen LogP contribution in [0.3, 0.4) is 0 Å². The Kier molecular flexibility index (Phi) is 8.43. The Hall–Kier alpha value is -2.58. The molecule has 0 spiro atoms. The lowest BCUT2D eigenvalue weighted by Crippen LogP contribution is -2.45. The van der Waals surface area contributed by atoms with Crippen LogP contribution in [0.2, 0.25) is 0 Å². The number of hydrogen-bond acceptors (Lipinski definition) is 6. The van der Waals surface area contributed by atoms with Gasteiger partial charge in [-0.15, -0.1) is 0 Å². The Labute approximate surface area is 218 Å². The van der Waals surface area contributed by atoms with E-state index in [1.807, 2.05) is 54.2 Å². The molecule has 0 aliphatic carbocycles. The quantitative estimate of drug-likeness (QED) is 0.495. The maximum Gasteiger partial charge on any atom is 0.255 e. The highest BCUT2D eigenvalue weighted by molar-refractivity contribution is 7.99. The Balaban J connectivity index is 1.21. The topological polar surface area (TPSA) is 48.1 Å². The first-order valence-corrected chi connectivity index (χ1v) is 14.1. The molecular weight excluding hydrogens is 468 g/mol. The van der Waals surface area contributed by atoms with Crippen LogP contribution in [0, 0.1) is 0 Å². The average molecular weight is 505 g/mol. The maximum absolute atomic E-state index is 13.0. The van der Waals surface area contributed by atoms with E-state index < -0.39 is 0 Å². The molecule has 2 saturated heterocycles. The summed E-state index contributed by atoms with van der Waals surface area (Å²) < 4.78 is 6.20. The van der Waals surface area contributed by atoms with Gasteiger partial charge in [0.15, 0.2) is 0 Å². The summed E-state index contributed by atoms with van der Waals surface area (Å²) in [5, 5.41) is 5.13. The second-order valence-corrected chi connectivity index (χ2v) is 10.9. The van der Waals surface area contributed by atoms with E-state index >= 15 is 0 Å². The van der Waals surface area contributed by atoms with Crippen LogP contribution < -0.4 is 10.1 Å². The SMILES string of the molecule is CN1CCN(CCOc2ccc(NC(=O)c3ccc(CN4CCSCC4)cc3)c3ccccc23)CC1. The molecular formula is C29H36N4O2S. The highest BCUT2D eigenvalue weighted by Gasteiger charge is 2.15. The third-order valence-electron chi connectivity index (χ3n) is 7.12. The number of thioether (sulfide) groups is 1. The van der Waals surface area contributed by atoms with E-state index in [-0.39, 0.29) is 5.91 Å². The van der Waals surface area contributed by atoms with Gasteiger partial charge >= 0.3 is 0 Å². The number of ether oxygens (including phenoxy) is 1. The summed E-state index contributed by atoms with van der Waals surface area (Å²) in [6.45, 7) is 9.19. The number of carbonyl (C=O) groups is 1. The van der Waals surface area contributed by atoms with Gasteiger partial charge in [-0.25, -0.2) is 0 Å². The van der Waals surface area contributed by atoms with E-state index in [0.717, 1.165) is 74.6 Å². The molecule has 3 aromatic carbocycles. The number of hydrogen-bond donors (Lipinski definition) is 1. The van der Waals surface area contributed by atoms with Crippen LogP contribution in [0.4, 0.5) is 5.69 Å². The number of piperazine rings is 1. The van der Waals surface area contributed by atoms with Crippen molar-refractivity contribution in [2.75, 3.05) is 76.3 Å². The van der Waals surface area contributed by atoms with Crippen molar-refractivity contribution in [3.8, 4) is 5.75 Å². The Morgan fingerprint density at radius 3 is 2.33 bits per heavy atom. The fourth-order valence-electron chi connectivity index (χ4n) is 4.84.